The first-order valence-electron chi connectivity index (χ1n) is 6.54. The first-order valence-corrected chi connectivity index (χ1v) is 7.93. The standard InChI is InChI=1S/C14H26N2OS/c1-6-12(9-18-5)16(4)14(11(3)15)13-8-7-10(2)17-13/h7-8,11-12,14H,6,9,15H2,1-5H3. The molecule has 0 aromatic carbocycles. The van der Waals surface area contributed by atoms with Crippen LogP contribution in [0.1, 0.15) is 37.8 Å². The first-order chi connectivity index (χ1) is 8.51. The lowest BCUT2D eigenvalue weighted by atomic mass is 10.0. The summed E-state index contributed by atoms with van der Waals surface area (Å²) in [7, 11) is 2.15. The summed E-state index contributed by atoms with van der Waals surface area (Å²) in [4.78, 5) is 2.36. The highest BCUT2D eigenvalue weighted by atomic mass is 32.2. The summed E-state index contributed by atoms with van der Waals surface area (Å²) < 4.78 is 5.77. The van der Waals surface area contributed by atoms with Crippen molar-refractivity contribution in [2.24, 2.45) is 5.73 Å². The number of likely N-dealkylation sites (N-methyl/N-ethyl adjacent to an activating group) is 1. The largest absolute Gasteiger partial charge is 0.465 e. The van der Waals surface area contributed by atoms with Gasteiger partial charge in [-0.3, -0.25) is 4.90 Å². The number of hydrogen-bond donors (Lipinski definition) is 1. The predicted octanol–water partition coefficient (Wildman–Crippen LogP) is 3.05. The monoisotopic (exact) mass is 270 g/mol. The van der Waals surface area contributed by atoms with Crippen molar-refractivity contribution in [3.8, 4) is 0 Å². The number of nitrogens with zero attached hydrogens (tertiary/aromatic N) is 1. The van der Waals surface area contributed by atoms with E-state index in [4.69, 9.17) is 10.2 Å². The molecule has 0 amide bonds. The molecule has 3 nitrogen and oxygen atoms in total. The Balaban J connectivity index is 2.90. The van der Waals surface area contributed by atoms with Crippen molar-refractivity contribution in [1.29, 1.82) is 0 Å². The van der Waals surface area contributed by atoms with Crippen LogP contribution in [0.3, 0.4) is 0 Å². The summed E-state index contributed by atoms with van der Waals surface area (Å²) in [6.45, 7) is 6.24. The molecule has 1 heterocycles. The lowest BCUT2D eigenvalue weighted by molar-refractivity contribution is 0.143. The Kier molecular flexibility index (Phi) is 6.26. The number of nitrogens with two attached hydrogens (primary N) is 1. The minimum atomic E-state index is 0.0523. The Morgan fingerprint density at radius 2 is 2.11 bits per heavy atom. The fourth-order valence-electron chi connectivity index (χ4n) is 2.39. The van der Waals surface area contributed by atoms with Crippen LogP contribution in [-0.4, -0.2) is 36.0 Å². The molecule has 3 atom stereocenters. The Morgan fingerprint density at radius 3 is 2.50 bits per heavy atom. The van der Waals surface area contributed by atoms with Crippen LogP contribution >= 0.6 is 11.8 Å². The van der Waals surface area contributed by atoms with Gasteiger partial charge in [-0.05, 0) is 45.7 Å². The Hall–Kier alpha value is -0.450. The number of aryl methyl sites for hydroxylation is 1. The van der Waals surface area contributed by atoms with E-state index in [0.29, 0.717) is 6.04 Å². The smallest absolute Gasteiger partial charge is 0.122 e. The highest BCUT2D eigenvalue weighted by Gasteiger charge is 2.28. The molecule has 18 heavy (non-hydrogen) atoms. The lowest BCUT2D eigenvalue weighted by Crippen LogP contribution is -2.43. The maximum absolute atomic E-state index is 6.16. The van der Waals surface area contributed by atoms with Crippen LogP contribution in [0.4, 0.5) is 0 Å². The van der Waals surface area contributed by atoms with E-state index in [1.54, 1.807) is 0 Å². The molecule has 0 spiro atoms. The molecule has 0 fully saturated rings. The van der Waals surface area contributed by atoms with Gasteiger partial charge in [-0.15, -0.1) is 0 Å². The second-order valence-corrected chi connectivity index (χ2v) is 5.85. The van der Waals surface area contributed by atoms with Gasteiger partial charge in [-0.1, -0.05) is 6.92 Å². The summed E-state index contributed by atoms with van der Waals surface area (Å²) in [6.07, 6.45) is 3.27. The molecule has 0 bridgehead atoms. The number of hydrogen-bond acceptors (Lipinski definition) is 4. The minimum absolute atomic E-state index is 0.0523. The molecule has 0 saturated carbocycles. The second kappa shape index (κ2) is 7.22. The molecule has 0 aliphatic rings. The molecule has 4 heteroatoms. The predicted molar refractivity (Wildman–Crippen MR) is 80.1 cm³/mol. The Morgan fingerprint density at radius 1 is 1.44 bits per heavy atom. The first kappa shape index (κ1) is 15.6. The van der Waals surface area contributed by atoms with Crippen LogP contribution in [0.2, 0.25) is 0 Å². The van der Waals surface area contributed by atoms with E-state index in [0.717, 1.165) is 23.7 Å². The molecule has 0 aliphatic carbocycles. The van der Waals surface area contributed by atoms with E-state index in [1.807, 2.05) is 37.7 Å². The van der Waals surface area contributed by atoms with Crippen LogP contribution in [0.25, 0.3) is 0 Å². The van der Waals surface area contributed by atoms with Crippen LogP contribution in [0.5, 0.6) is 0 Å². The summed E-state index contributed by atoms with van der Waals surface area (Å²) in [5, 5.41) is 0. The molecule has 104 valence electrons. The van der Waals surface area contributed by atoms with Gasteiger partial charge in [0.1, 0.15) is 11.5 Å². The zero-order valence-electron chi connectivity index (χ0n) is 12.1. The summed E-state index contributed by atoms with van der Waals surface area (Å²) >= 11 is 1.88. The molecular formula is C14H26N2OS. The molecule has 0 radical (unpaired) electrons. The molecular weight excluding hydrogens is 244 g/mol. The summed E-state index contributed by atoms with van der Waals surface area (Å²) in [6, 6.07) is 4.79. The van der Waals surface area contributed by atoms with Gasteiger partial charge in [0, 0.05) is 17.8 Å². The zero-order valence-corrected chi connectivity index (χ0v) is 13.0. The van der Waals surface area contributed by atoms with E-state index < -0.39 is 0 Å². The quantitative estimate of drug-likeness (QED) is 0.827. The van der Waals surface area contributed by atoms with Crippen molar-refractivity contribution in [2.75, 3.05) is 19.1 Å². The van der Waals surface area contributed by atoms with Gasteiger partial charge in [0.2, 0.25) is 0 Å². The highest BCUT2D eigenvalue weighted by Crippen LogP contribution is 2.27. The number of furan rings is 1. The highest BCUT2D eigenvalue weighted by molar-refractivity contribution is 7.98. The van der Waals surface area contributed by atoms with E-state index in [2.05, 4.69) is 25.1 Å². The van der Waals surface area contributed by atoms with Crippen molar-refractivity contribution < 1.29 is 4.42 Å². The van der Waals surface area contributed by atoms with Crippen LogP contribution in [-0.2, 0) is 0 Å². The topological polar surface area (TPSA) is 42.4 Å². The average Bonchev–Trinajstić information content (AvgIpc) is 2.72. The van der Waals surface area contributed by atoms with Gasteiger partial charge in [0.15, 0.2) is 0 Å². The van der Waals surface area contributed by atoms with Gasteiger partial charge in [-0.25, -0.2) is 0 Å². The van der Waals surface area contributed by atoms with E-state index in [-0.39, 0.29) is 12.1 Å². The summed E-state index contributed by atoms with van der Waals surface area (Å²) in [5.41, 5.74) is 6.16. The molecule has 1 rings (SSSR count). The normalized spacial score (nSPS) is 16.8. The zero-order chi connectivity index (χ0) is 13.7. The van der Waals surface area contributed by atoms with Crippen molar-refractivity contribution in [1.82, 2.24) is 4.90 Å². The van der Waals surface area contributed by atoms with Gasteiger partial charge in [0.05, 0.1) is 6.04 Å². The van der Waals surface area contributed by atoms with E-state index in [9.17, 15) is 0 Å². The molecule has 0 saturated heterocycles. The Labute approximate surface area is 115 Å². The molecule has 3 unspecified atom stereocenters. The maximum atomic E-state index is 6.16. The third-order valence-electron chi connectivity index (χ3n) is 3.40. The maximum Gasteiger partial charge on any atom is 0.122 e. The van der Waals surface area contributed by atoms with Crippen molar-refractivity contribution in [3.63, 3.8) is 0 Å². The van der Waals surface area contributed by atoms with Crippen LogP contribution in [0, 0.1) is 6.92 Å². The minimum Gasteiger partial charge on any atom is -0.465 e. The molecule has 1 aromatic heterocycles. The Bertz CT molecular complexity index is 351. The van der Waals surface area contributed by atoms with Gasteiger partial charge >= 0.3 is 0 Å². The van der Waals surface area contributed by atoms with Crippen molar-refractivity contribution in [2.45, 2.75) is 45.3 Å². The van der Waals surface area contributed by atoms with Crippen molar-refractivity contribution >= 4 is 11.8 Å². The van der Waals surface area contributed by atoms with Crippen LogP contribution < -0.4 is 5.73 Å². The SMILES string of the molecule is CCC(CSC)N(C)C(c1ccc(C)o1)C(C)N. The summed E-state index contributed by atoms with van der Waals surface area (Å²) in [5.74, 6) is 3.04. The lowest BCUT2D eigenvalue weighted by Gasteiger charge is -2.35. The van der Waals surface area contributed by atoms with Gasteiger partial charge < -0.3 is 10.2 Å². The third kappa shape index (κ3) is 3.77. The molecule has 2 N–H and O–H groups in total. The van der Waals surface area contributed by atoms with Gasteiger partial charge in [-0.2, -0.15) is 11.8 Å². The third-order valence-corrected chi connectivity index (χ3v) is 4.11. The molecule has 0 aliphatic heterocycles. The van der Waals surface area contributed by atoms with E-state index in [1.165, 1.54) is 0 Å². The van der Waals surface area contributed by atoms with Crippen LogP contribution in [0.15, 0.2) is 16.5 Å². The number of rotatable bonds is 7. The second-order valence-electron chi connectivity index (χ2n) is 4.94. The van der Waals surface area contributed by atoms with E-state index >= 15 is 0 Å². The fourth-order valence-corrected chi connectivity index (χ4v) is 3.24. The fraction of sp³-hybridized carbons (Fsp3) is 0.714. The average molecular weight is 270 g/mol. The van der Waals surface area contributed by atoms with Crippen molar-refractivity contribution in [3.05, 3.63) is 23.7 Å². The van der Waals surface area contributed by atoms with Gasteiger partial charge in [0.25, 0.3) is 0 Å². The number of thioether (sulfide) groups is 1. The molecule has 1 aromatic rings.